The number of rotatable bonds is 10. The molecule has 0 saturated heterocycles. The standard InChI is InChI=1S/C23H23Cl2N5O3S/c1-4-11-30-21(14(2)26-22(32)18-10-5-15(24)12-19(18)25)28-29-23(30)34-13-20(31)27-16-6-8-17(33-3)9-7-16/h4-10,12,14H,1,11,13H2,2-3H3,(H,26,32)(H,27,31)/t14-/m1/s1. The van der Waals surface area contributed by atoms with Crippen molar-refractivity contribution in [3.8, 4) is 5.75 Å². The SMILES string of the molecule is C=CCn1c(SCC(=O)Nc2ccc(OC)cc2)nnc1[C@@H](C)NC(=O)c1ccc(Cl)cc1Cl. The molecule has 8 nitrogen and oxygen atoms in total. The second-order valence-corrected chi connectivity index (χ2v) is 8.91. The lowest BCUT2D eigenvalue weighted by Gasteiger charge is -2.16. The molecule has 0 spiro atoms. The quantitative estimate of drug-likeness (QED) is 0.288. The fraction of sp³-hybridized carbons (Fsp3) is 0.217. The van der Waals surface area contributed by atoms with Crippen molar-refractivity contribution in [3.05, 3.63) is 76.6 Å². The number of hydrogen-bond donors (Lipinski definition) is 2. The molecule has 11 heteroatoms. The predicted octanol–water partition coefficient (Wildman–Crippen LogP) is 5.00. The Kier molecular flexibility index (Phi) is 8.98. The van der Waals surface area contributed by atoms with Gasteiger partial charge in [-0.25, -0.2) is 0 Å². The minimum absolute atomic E-state index is 0.127. The van der Waals surface area contributed by atoms with Crippen LogP contribution in [0.2, 0.25) is 10.0 Å². The number of aromatic nitrogens is 3. The highest BCUT2D eigenvalue weighted by molar-refractivity contribution is 7.99. The van der Waals surface area contributed by atoms with E-state index in [2.05, 4.69) is 27.4 Å². The summed E-state index contributed by atoms with van der Waals surface area (Å²) < 4.78 is 6.91. The molecule has 0 aliphatic carbocycles. The van der Waals surface area contributed by atoms with E-state index in [0.29, 0.717) is 39.5 Å². The fourth-order valence-electron chi connectivity index (χ4n) is 3.04. The van der Waals surface area contributed by atoms with E-state index in [1.807, 2.05) is 0 Å². The average Bonchev–Trinajstić information content (AvgIpc) is 3.21. The van der Waals surface area contributed by atoms with Crippen LogP contribution in [0.1, 0.15) is 29.1 Å². The van der Waals surface area contributed by atoms with Gasteiger partial charge in [-0.1, -0.05) is 41.0 Å². The average molecular weight is 520 g/mol. The van der Waals surface area contributed by atoms with E-state index in [1.54, 1.807) is 61.1 Å². The molecule has 2 amide bonds. The number of nitrogens with zero attached hydrogens (tertiary/aromatic N) is 3. The summed E-state index contributed by atoms with van der Waals surface area (Å²) >= 11 is 13.3. The molecule has 3 rings (SSSR count). The van der Waals surface area contributed by atoms with Crippen molar-refractivity contribution in [2.24, 2.45) is 0 Å². The number of allylic oxidation sites excluding steroid dienone is 1. The van der Waals surface area contributed by atoms with Crippen molar-refractivity contribution in [1.29, 1.82) is 0 Å². The summed E-state index contributed by atoms with van der Waals surface area (Å²) in [6.07, 6.45) is 1.69. The Morgan fingerprint density at radius 3 is 2.59 bits per heavy atom. The third-order valence-corrected chi connectivity index (χ3v) is 6.19. The summed E-state index contributed by atoms with van der Waals surface area (Å²) in [7, 11) is 1.58. The molecule has 0 aliphatic rings. The summed E-state index contributed by atoms with van der Waals surface area (Å²) in [5.41, 5.74) is 0.967. The Morgan fingerprint density at radius 2 is 1.94 bits per heavy atom. The number of halogens is 2. The number of carbonyl (C=O) groups is 2. The monoisotopic (exact) mass is 519 g/mol. The Bertz CT molecular complexity index is 1180. The van der Waals surface area contributed by atoms with Gasteiger partial charge in [-0.3, -0.25) is 9.59 Å². The first-order chi connectivity index (χ1) is 16.3. The van der Waals surface area contributed by atoms with Crippen LogP contribution in [-0.4, -0.2) is 39.4 Å². The third-order valence-electron chi connectivity index (χ3n) is 4.67. The molecule has 2 aromatic carbocycles. The number of ether oxygens (including phenoxy) is 1. The summed E-state index contributed by atoms with van der Waals surface area (Å²) in [4.78, 5) is 25.1. The van der Waals surface area contributed by atoms with Crippen LogP contribution in [0.5, 0.6) is 5.75 Å². The van der Waals surface area contributed by atoms with E-state index >= 15 is 0 Å². The third kappa shape index (κ3) is 6.53. The van der Waals surface area contributed by atoms with E-state index in [1.165, 1.54) is 17.8 Å². The largest absolute Gasteiger partial charge is 0.497 e. The Morgan fingerprint density at radius 1 is 1.21 bits per heavy atom. The molecule has 0 fully saturated rings. The molecule has 1 heterocycles. The maximum atomic E-state index is 12.7. The number of carbonyl (C=O) groups excluding carboxylic acids is 2. The zero-order chi connectivity index (χ0) is 24.7. The molecule has 0 bridgehead atoms. The highest BCUT2D eigenvalue weighted by atomic mass is 35.5. The number of methoxy groups -OCH3 is 1. The van der Waals surface area contributed by atoms with Crippen LogP contribution in [-0.2, 0) is 11.3 Å². The Labute approximate surface area is 211 Å². The van der Waals surface area contributed by atoms with Gasteiger partial charge in [-0.2, -0.15) is 0 Å². The Balaban J connectivity index is 1.66. The first kappa shape index (κ1) is 25.6. The Hall–Kier alpha value is -3.01. The van der Waals surface area contributed by atoms with Crippen LogP contribution < -0.4 is 15.4 Å². The lowest BCUT2D eigenvalue weighted by molar-refractivity contribution is -0.113. The molecule has 0 radical (unpaired) electrons. The fourth-order valence-corrected chi connectivity index (χ4v) is 4.29. The van der Waals surface area contributed by atoms with E-state index in [0.717, 1.165) is 0 Å². The topological polar surface area (TPSA) is 98.1 Å². The second-order valence-electron chi connectivity index (χ2n) is 7.12. The van der Waals surface area contributed by atoms with Crippen LogP contribution in [0.15, 0.2) is 60.3 Å². The molecule has 1 aromatic heterocycles. The number of benzene rings is 2. The van der Waals surface area contributed by atoms with Crippen LogP contribution in [0.3, 0.4) is 0 Å². The summed E-state index contributed by atoms with van der Waals surface area (Å²) in [5.74, 6) is 0.801. The zero-order valence-electron chi connectivity index (χ0n) is 18.5. The van der Waals surface area contributed by atoms with Crippen LogP contribution >= 0.6 is 35.0 Å². The molecular weight excluding hydrogens is 497 g/mol. The van der Waals surface area contributed by atoms with Crippen molar-refractivity contribution >= 4 is 52.5 Å². The van der Waals surface area contributed by atoms with Crippen molar-refractivity contribution < 1.29 is 14.3 Å². The van der Waals surface area contributed by atoms with Gasteiger partial charge in [0.05, 0.1) is 29.5 Å². The molecule has 1 atom stereocenters. The van der Waals surface area contributed by atoms with Gasteiger partial charge in [-0.05, 0) is 49.4 Å². The highest BCUT2D eigenvalue weighted by Crippen LogP contribution is 2.24. The first-order valence-electron chi connectivity index (χ1n) is 10.2. The van der Waals surface area contributed by atoms with Gasteiger partial charge in [0.25, 0.3) is 5.91 Å². The number of amides is 2. The van der Waals surface area contributed by atoms with E-state index in [9.17, 15) is 9.59 Å². The van der Waals surface area contributed by atoms with Crippen LogP contribution in [0.25, 0.3) is 0 Å². The van der Waals surface area contributed by atoms with E-state index in [-0.39, 0.29) is 22.6 Å². The van der Waals surface area contributed by atoms with Gasteiger partial charge < -0.3 is 19.9 Å². The predicted molar refractivity (Wildman–Crippen MR) is 135 cm³/mol. The molecule has 3 aromatic rings. The van der Waals surface area contributed by atoms with E-state index in [4.69, 9.17) is 27.9 Å². The van der Waals surface area contributed by atoms with Gasteiger partial charge >= 0.3 is 0 Å². The number of hydrogen-bond acceptors (Lipinski definition) is 6. The maximum Gasteiger partial charge on any atom is 0.253 e. The second kappa shape index (κ2) is 11.9. The molecule has 178 valence electrons. The molecular formula is C23H23Cl2N5O3S. The van der Waals surface area contributed by atoms with E-state index < -0.39 is 6.04 Å². The smallest absolute Gasteiger partial charge is 0.253 e. The summed E-state index contributed by atoms with van der Waals surface area (Å²) in [5, 5.41) is 15.4. The van der Waals surface area contributed by atoms with Gasteiger partial charge in [0.1, 0.15) is 5.75 Å². The molecule has 0 unspecified atom stereocenters. The van der Waals surface area contributed by atoms with Crippen molar-refractivity contribution in [3.63, 3.8) is 0 Å². The molecule has 2 N–H and O–H groups in total. The van der Waals surface area contributed by atoms with Crippen molar-refractivity contribution in [1.82, 2.24) is 20.1 Å². The first-order valence-corrected chi connectivity index (χ1v) is 11.9. The number of nitrogens with one attached hydrogen (secondary N) is 2. The van der Waals surface area contributed by atoms with Gasteiger partial charge in [-0.15, -0.1) is 16.8 Å². The summed E-state index contributed by atoms with van der Waals surface area (Å²) in [6, 6.07) is 11.2. The summed E-state index contributed by atoms with van der Waals surface area (Å²) in [6.45, 7) is 5.98. The maximum absolute atomic E-state index is 12.7. The minimum Gasteiger partial charge on any atom is -0.497 e. The normalized spacial score (nSPS) is 11.5. The van der Waals surface area contributed by atoms with Gasteiger partial charge in [0.2, 0.25) is 5.91 Å². The molecule has 0 aliphatic heterocycles. The van der Waals surface area contributed by atoms with Crippen molar-refractivity contribution in [2.45, 2.75) is 24.7 Å². The molecule has 34 heavy (non-hydrogen) atoms. The number of thioether (sulfide) groups is 1. The highest BCUT2D eigenvalue weighted by Gasteiger charge is 2.21. The van der Waals surface area contributed by atoms with Gasteiger partial charge in [0.15, 0.2) is 11.0 Å². The molecule has 0 saturated carbocycles. The van der Waals surface area contributed by atoms with Crippen LogP contribution in [0.4, 0.5) is 5.69 Å². The number of anilines is 1. The lowest BCUT2D eigenvalue weighted by Crippen LogP contribution is -2.29. The van der Waals surface area contributed by atoms with Crippen molar-refractivity contribution in [2.75, 3.05) is 18.2 Å². The van der Waals surface area contributed by atoms with Crippen LogP contribution in [0, 0.1) is 0 Å². The lowest BCUT2D eigenvalue weighted by atomic mass is 10.2. The zero-order valence-corrected chi connectivity index (χ0v) is 20.9. The minimum atomic E-state index is -0.478. The van der Waals surface area contributed by atoms with Gasteiger partial charge in [0, 0.05) is 17.3 Å².